The van der Waals surface area contributed by atoms with E-state index in [0.717, 1.165) is 0 Å². The maximum atomic E-state index is 10.7. The standard InChI is InChI=1S/C13H7ClN2O3/c14-11-3-1-2-4-13(11)19-10-5-6-12(16(17)18)9(7-10)8-15/h1-7H. The van der Waals surface area contributed by atoms with Crippen LogP contribution in [-0.2, 0) is 0 Å². The molecule has 0 saturated carbocycles. The maximum Gasteiger partial charge on any atom is 0.287 e. The van der Waals surface area contributed by atoms with E-state index < -0.39 is 4.92 Å². The molecular weight excluding hydrogens is 268 g/mol. The first-order chi connectivity index (χ1) is 9.11. The van der Waals surface area contributed by atoms with E-state index in [0.29, 0.717) is 16.5 Å². The minimum Gasteiger partial charge on any atom is -0.456 e. The molecule has 2 rings (SSSR count). The van der Waals surface area contributed by atoms with Gasteiger partial charge in [-0.25, -0.2) is 0 Å². The molecule has 0 atom stereocenters. The molecule has 0 N–H and O–H groups in total. The molecule has 0 unspecified atom stereocenters. The molecule has 0 amide bonds. The molecule has 5 nitrogen and oxygen atoms in total. The second kappa shape index (κ2) is 5.38. The van der Waals surface area contributed by atoms with E-state index in [-0.39, 0.29) is 11.3 Å². The Bertz CT molecular complexity index is 680. The molecule has 0 aliphatic carbocycles. The number of nitro groups is 1. The van der Waals surface area contributed by atoms with Crippen LogP contribution >= 0.6 is 11.6 Å². The Labute approximate surface area is 113 Å². The highest BCUT2D eigenvalue weighted by atomic mass is 35.5. The monoisotopic (exact) mass is 274 g/mol. The van der Waals surface area contributed by atoms with Gasteiger partial charge in [-0.2, -0.15) is 5.26 Å². The second-order valence-corrected chi connectivity index (χ2v) is 3.99. The number of hydrogen-bond donors (Lipinski definition) is 0. The number of para-hydroxylation sites is 1. The number of halogens is 1. The van der Waals surface area contributed by atoms with Crippen LogP contribution in [0.2, 0.25) is 5.02 Å². The van der Waals surface area contributed by atoms with Gasteiger partial charge >= 0.3 is 0 Å². The SMILES string of the molecule is N#Cc1cc(Oc2ccccc2Cl)ccc1[N+](=O)[O-]. The summed E-state index contributed by atoms with van der Waals surface area (Å²) in [7, 11) is 0. The van der Waals surface area contributed by atoms with Crippen LogP contribution < -0.4 is 4.74 Å². The fourth-order valence-corrected chi connectivity index (χ4v) is 1.66. The summed E-state index contributed by atoms with van der Waals surface area (Å²) in [5.74, 6) is 0.733. The van der Waals surface area contributed by atoms with Crippen LogP contribution in [0.3, 0.4) is 0 Å². The second-order valence-electron chi connectivity index (χ2n) is 3.58. The van der Waals surface area contributed by atoms with Gasteiger partial charge in [0.2, 0.25) is 0 Å². The molecule has 0 spiro atoms. The molecule has 0 saturated heterocycles. The van der Waals surface area contributed by atoms with Crippen LogP contribution in [-0.4, -0.2) is 4.92 Å². The molecule has 0 aromatic heterocycles. The fraction of sp³-hybridized carbons (Fsp3) is 0. The Morgan fingerprint density at radius 1 is 1.26 bits per heavy atom. The predicted octanol–water partition coefficient (Wildman–Crippen LogP) is 3.91. The van der Waals surface area contributed by atoms with Crippen LogP contribution in [0.1, 0.15) is 5.56 Å². The van der Waals surface area contributed by atoms with E-state index in [1.165, 1.54) is 18.2 Å². The third-order valence-corrected chi connectivity index (χ3v) is 2.66. The van der Waals surface area contributed by atoms with E-state index in [1.54, 1.807) is 30.3 Å². The van der Waals surface area contributed by atoms with Crippen molar-refractivity contribution in [2.75, 3.05) is 0 Å². The molecule has 0 bridgehead atoms. The zero-order valence-electron chi connectivity index (χ0n) is 9.54. The average Bonchev–Trinajstić information content (AvgIpc) is 2.41. The highest BCUT2D eigenvalue weighted by Gasteiger charge is 2.14. The quantitative estimate of drug-likeness (QED) is 0.628. The topological polar surface area (TPSA) is 76.2 Å². The Balaban J connectivity index is 2.36. The lowest BCUT2D eigenvalue weighted by Gasteiger charge is -2.07. The molecule has 94 valence electrons. The highest BCUT2D eigenvalue weighted by molar-refractivity contribution is 6.32. The van der Waals surface area contributed by atoms with Gasteiger partial charge in [0.25, 0.3) is 5.69 Å². The van der Waals surface area contributed by atoms with Gasteiger partial charge in [0.15, 0.2) is 0 Å². The van der Waals surface area contributed by atoms with Crippen molar-refractivity contribution in [3.63, 3.8) is 0 Å². The van der Waals surface area contributed by atoms with E-state index in [9.17, 15) is 10.1 Å². The van der Waals surface area contributed by atoms with Gasteiger partial charge in [0.1, 0.15) is 23.1 Å². The number of rotatable bonds is 3. The molecular formula is C13H7ClN2O3. The molecule has 0 radical (unpaired) electrons. The maximum absolute atomic E-state index is 10.7. The lowest BCUT2D eigenvalue weighted by Crippen LogP contribution is -1.93. The van der Waals surface area contributed by atoms with Crippen molar-refractivity contribution >= 4 is 17.3 Å². The lowest BCUT2D eigenvalue weighted by atomic mass is 10.2. The van der Waals surface area contributed by atoms with Crippen LogP contribution in [0.4, 0.5) is 5.69 Å². The first-order valence-electron chi connectivity index (χ1n) is 5.22. The van der Waals surface area contributed by atoms with Gasteiger partial charge in [-0.05, 0) is 18.2 Å². The van der Waals surface area contributed by atoms with Gasteiger partial charge in [-0.3, -0.25) is 10.1 Å². The van der Waals surface area contributed by atoms with Crippen molar-refractivity contribution in [1.29, 1.82) is 5.26 Å². The van der Waals surface area contributed by atoms with Gasteiger partial charge in [-0.15, -0.1) is 0 Å². The van der Waals surface area contributed by atoms with Crippen molar-refractivity contribution in [2.24, 2.45) is 0 Å². The van der Waals surface area contributed by atoms with E-state index in [2.05, 4.69) is 0 Å². The van der Waals surface area contributed by atoms with E-state index in [4.69, 9.17) is 21.6 Å². The van der Waals surface area contributed by atoms with Crippen molar-refractivity contribution in [3.8, 4) is 17.6 Å². The lowest BCUT2D eigenvalue weighted by molar-refractivity contribution is -0.385. The highest BCUT2D eigenvalue weighted by Crippen LogP contribution is 2.31. The molecule has 0 aliphatic rings. The number of nitrogens with zero attached hydrogens (tertiary/aromatic N) is 2. The Morgan fingerprint density at radius 2 is 2.00 bits per heavy atom. The molecule has 0 aliphatic heterocycles. The van der Waals surface area contributed by atoms with Crippen molar-refractivity contribution in [3.05, 3.63) is 63.2 Å². The minimum atomic E-state index is -0.613. The number of ether oxygens (including phenoxy) is 1. The summed E-state index contributed by atoms with van der Waals surface area (Å²) in [6.07, 6.45) is 0. The predicted molar refractivity (Wildman–Crippen MR) is 69.3 cm³/mol. The van der Waals surface area contributed by atoms with Gasteiger partial charge in [0.05, 0.1) is 9.95 Å². The molecule has 2 aromatic carbocycles. The van der Waals surface area contributed by atoms with Crippen molar-refractivity contribution < 1.29 is 9.66 Å². The molecule has 19 heavy (non-hydrogen) atoms. The van der Waals surface area contributed by atoms with Crippen LogP contribution in [0.15, 0.2) is 42.5 Å². The van der Waals surface area contributed by atoms with E-state index in [1.807, 2.05) is 0 Å². The third kappa shape index (κ3) is 2.81. The number of hydrogen-bond acceptors (Lipinski definition) is 4. The third-order valence-electron chi connectivity index (χ3n) is 2.35. The van der Waals surface area contributed by atoms with Gasteiger partial charge in [0, 0.05) is 12.1 Å². The zero-order valence-corrected chi connectivity index (χ0v) is 10.3. The summed E-state index contributed by atoms with van der Waals surface area (Å²) < 4.78 is 5.48. The Morgan fingerprint density at radius 3 is 2.63 bits per heavy atom. The molecule has 0 heterocycles. The molecule has 6 heteroatoms. The summed E-state index contributed by atoms with van der Waals surface area (Å²) in [4.78, 5) is 10.1. The fourth-order valence-electron chi connectivity index (χ4n) is 1.48. The van der Waals surface area contributed by atoms with Crippen molar-refractivity contribution in [1.82, 2.24) is 0 Å². The molecule has 0 fully saturated rings. The summed E-state index contributed by atoms with van der Waals surface area (Å²) in [6.45, 7) is 0. The number of benzene rings is 2. The summed E-state index contributed by atoms with van der Waals surface area (Å²) >= 11 is 5.93. The normalized spacial score (nSPS) is 9.68. The summed E-state index contributed by atoms with van der Waals surface area (Å²) in [5.41, 5.74) is -0.316. The van der Waals surface area contributed by atoms with E-state index >= 15 is 0 Å². The Kier molecular flexibility index (Phi) is 3.64. The van der Waals surface area contributed by atoms with Gasteiger partial charge in [-0.1, -0.05) is 23.7 Å². The smallest absolute Gasteiger partial charge is 0.287 e. The van der Waals surface area contributed by atoms with Crippen LogP contribution in [0, 0.1) is 21.4 Å². The first kappa shape index (κ1) is 12.9. The van der Waals surface area contributed by atoms with Crippen LogP contribution in [0.5, 0.6) is 11.5 Å². The largest absolute Gasteiger partial charge is 0.456 e. The summed E-state index contributed by atoms with van der Waals surface area (Å²) in [5, 5.41) is 20.0. The van der Waals surface area contributed by atoms with Gasteiger partial charge < -0.3 is 4.74 Å². The van der Waals surface area contributed by atoms with Crippen LogP contribution in [0.25, 0.3) is 0 Å². The Hall–Kier alpha value is -2.58. The average molecular weight is 275 g/mol. The summed E-state index contributed by atoms with van der Waals surface area (Å²) in [6, 6.07) is 12.5. The van der Waals surface area contributed by atoms with Crippen molar-refractivity contribution in [2.45, 2.75) is 0 Å². The number of nitro benzene ring substituents is 1. The first-order valence-corrected chi connectivity index (χ1v) is 5.60. The number of nitriles is 1. The minimum absolute atomic E-state index is 0.0606. The molecule has 2 aromatic rings. The zero-order chi connectivity index (χ0) is 13.8.